The molecule has 0 unspecified atom stereocenters. The van der Waals surface area contributed by atoms with E-state index in [4.69, 9.17) is 0 Å². The number of rotatable bonds is 4. The Morgan fingerprint density at radius 3 is 2.50 bits per heavy atom. The summed E-state index contributed by atoms with van der Waals surface area (Å²) in [5.74, 6) is 0. The number of hydrogen-bond donors (Lipinski definition) is 1. The van der Waals surface area contributed by atoms with Crippen molar-refractivity contribution < 1.29 is 0 Å². The van der Waals surface area contributed by atoms with E-state index in [9.17, 15) is 0 Å². The smallest absolute Gasteiger partial charge is 0.00933 e. The minimum absolute atomic E-state index is 0.614. The number of nitrogens with one attached hydrogen (secondary N) is 1. The second-order valence-corrected chi connectivity index (χ2v) is 4.88. The highest BCUT2D eigenvalue weighted by Crippen LogP contribution is 2.29. The zero-order valence-corrected chi connectivity index (χ0v) is 8.27. The Labute approximate surface area is 75.3 Å². The standard InChI is InChI=1S/C10H20N2/c1-10(7-11-8-10)5-6-12(2)9-3-4-9/h9,11H,3-8H2,1-2H3. The van der Waals surface area contributed by atoms with E-state index < -0.39 is 0 Å². The van der Waals surface area contributed by atoms with Crippen molar-refractivity contribution in [2.45, 2.75) is 32.2 Å². The lowest BCUT2D eigenvalue weighted by Crippen LogP contribution is -2.52. The molecule has 2 nitrogen and oxygen atoms in total. The first-order chi connectivity index (χ1) is 5.70. The van der Waals surface area contributed by atoms with Crippen LogP contribution in [0, 0.1) is 5.41 Å². The fraction of sp³-hybridized carbons (Fsp3) is 1.00. The fourth-order valence-electron chi connectivity index (χ4n) is 1.87. The molecular formula is C10H20N2. The van der Waals surface area contributed by atoms with Gasteiger partial charge in [0.05, 0.1) is 0 Å². The molecule has 1 saturated carbocycles. The molecule has 2 heteroatoms. The van der Waals surface area contributed by atoms with E-state index in [0.29, 0.717) is 5.41 Å². The van der Waals surface area contributed by atoms with Crippen LogP contribution in [-0.4, -0.2) is 37.6 Å². The van der Waals surface area contributed by atoms with Crippen LogP contribution in [0.3, 0.4) is 0 Å². The van der Waals surface area contributed by atoms with E-state index >= 15 is 0 Å². The predicted molar refractivity (Wildman–Crippen MR) is 51.2 cm³/mol. The molecule has 1 aliphatic heterocycles. The van der Waals surface area contributed by atoms with Gasteiger partial charge >= 0.3 is 0 Å². The molecule has 2 fully saturated rings. The van der Waals surface area contributed by atoms with Crippen LogP contribution in [-0.2, 0) is 0 Å². The Kier molecular flexibility index (Phi) is 2.13. The van der Waals surface area contributed by atoms with Gasteiger partial charge in [-0.15, -0.1) is 0 Å². The lowest BCUT2D eigenvalue weighted by atomic mass is 9.81. The number of nitrogens with zero attached hydrogens (tertiary/aromatic N) is 1. The van der Waals surface area contributed by atoms with Crippen LogP contribution in [0.5, 0.6) is 0 Å². The van der Waals surface area contributed by atoms with Crippen LogP contribution in [0.2, 0.25) is 0 Å². The molecule has 1 saturated heterocycles. The van der Waals surface area contributed by atoms with E-state index in [0.717, 1.165) is 6.04 Å². The van der Waals surface area contributed by atoms with Crippen LogP contribution < -0.4 is 5.32 Å². The van der Waals surface area contributed by atoms with Crippen LogP contribution in [0.4, 0.5) is 0 Å². The van der Waals surface area contributed by atoms with Gasteiger partial charge in [-0.25, -0.2) is 0 Å². The molecule has 1 aliphatic carbocycles. The zero-order chi connectivity index (χ0) is 8.60. The predicted octanol–water partition coefficient (Wildman–Crippen LogP) is 1.08. The SMILES string of the molecule is CN(CCC1(C)CNC1)C1CC1. The molecule has 12 heavy (non-hydrogen) atoms. The topological polar surface area (TPSA) is 15.3 Å². The molecule has 0 aromatic heterocycles. The first kappa shape index (κ1) is 8.52. The number of hydrogen-bond acceptors (Lipinski definition) is 2. The molecule has 70 valence electrons. The highest BCUT2D eigenvalue weighted by atomic mass is 15.2. The third kappa shape index (κ3) is 1.80. The third-order valence-electron chi connectivity index (χ3n) is 3.34. The lowest BCUT2D eigenvalue weighted by molar-refractivity contribution is 0.151. The Morgan fingerprint density at radius 2 is 2.08 bits per heavy atom. The highest BCUT2D eigenvalue weighted by Gasteiger charge is 2.33. The van der Waals surface area contributed by atoms with Crippen LogP contribution in [0.15, 0.2) is 0 Å². The summed E-state index contributed by atoms with van der Waals surface area (Å²) in [4.78, 5) is 2.53. The molecule has 0 radical (unpaired) electrons. The summed E-state index contributed by atoms with van der Waals surface area (Å²) in [6.45, 7) is 6.14. The zero-order valence-electron chi connectivity index (χ0n) is 8.27. The van der Waals surface area contributed by atoms with Crippen LogP contribution in [0.1, 0.15) is 26.2 Å². The molecule has 1 N–H and O–H groups in total. The molecule has 0 bridgehead atoms. The van der Waals surface area contributed by atoms with Crippen molar-refractivity contribution in [1.82, 2.24) is 10.2 Å². The molecule has 0 atom stereocenters. The second-order valence-electron chi connectivity index (χ2n) is 4.88. The highest BCUT2D eigenvalue weighted by molar-refractivity contribution is 4.90. The Hall–Kier alpha value is -0.0800. The van der Waals surface area contributed by atoms with Gasteiger partial charge in [-0.2, -0.15) is 0 Å². The van der Waals surface area contributed by atoms with Gasteiger partial charge < -0.3 is 10.2 Å². The normalized spacial score (nSPS) is 27.2. The van der Waals surface area contributed by atoms with Crippen molar-refractivity contribution >= 4 is 0 Å². The van der Waals surface area contributed by atoms with Crippen molar-refractivity contribution in [1.29, 1.82) is 0 Å². The summed E-state index contributed by atoms with van der Waals surface area (Å²) in [6.07, 6.45) is 4.24. The quantitative estimate of drug-likeness (QED) is 0.676. The van der Waals surface area contributed by atoms with Gasteiger partial charge in [-0.3, -0.25) is 0 Å². The van der Waals surface area contributed by atoms with E-state index in [-0.39, 0.29) is 0 Å². The molecule has 0 amide bonds. The maximum absolute atomic E-state index is 3.35. The minimum atomic E-state index is 0.614. The largest absolute Gasteiger partial charge is 0.316 e. The maximum Gasteiger partial charge on any atom is 0.00933 e. The van der Waals surface area contributed by atoms with E-state index in [1.165, 1.54) is 38.9 Å². The second kappa shape index (κ2) is 3.00. The monoisotopic (exact) mass is 168 g/mol. The molecule has 0 aromatic rings. The Bertz CT molecular complexity index is 159. The van der Waals surface area contributed by atoms with Gasteiger partial charge in [0.1, 0.15) is 0 Å². The van der Waals surface area contributed by atoms with Gasteiger partial charge in [0.15, 0.2) is 0 Å². The lowest BCUT2D eigenvalue weighted by Gasteiger charge is -2.40. The van der Waals surface area contributed by atoms with Crippen LogP contribution >= 0.6 is 0 Å². The van der Waals surface area contributed by atoms with Crippen molar-refractivity contribution in [3.63, 3.8) is 0 Å². The molecule has 0 spiro atoms. The Morgan fingerprint density at radius 1 is 1.42 bits per heavy atom. The molecule has 2 aliphatic rings. The molecular weight excluding hydrogens is 148 g/mol. The van der Waals surface area contributed by atoms with E-state index in [1.54, 1.807) is 0 Å². The fourth-order valence-corrected chi connectivity index (χ4v) is 1.87. The minimum Gasteiger partial charge on any atom is -0.316 e. The summed E-state index contributed by atoms with van der Waals surface area (Å²) in [6, 6.07) is 0.932. The molecule has 0 aromatic carbocycles. The Balaban J connectivity index is 1.66. The van der Waals surface area contributed by atoms with Crippen molar-refractivity contribution in [3.05, 3.63) is 0 Å². The summed E-state index contributed by atoms with van der Waals surface area (Å²) in [7, 11) is 2.27. The van der Waals surface area contributed by atoms with Crippen molar-refractivity contribution in [2.75, 3.05) is 26.7 Å². The van der Waals surface area contributed by atoms with Gasteiger partial charge in [-0.05, 0) is 38.3 Å². The van der Waals surface area contributed by atoms with Crippen molar-refractivity contribution in [3.8, 4) is 0 Å². The third-order valence-corrected chi connectivity index (χ3v) is 3.34. The first-order valence-electron chi connectivity index (χ1n) is 5.11. The van der Waals surface area contributed by atoms with Crippen LogP contribution in [0.25, 0.3) is 0 Å². The van der Waals surface area contributed by atoms with Crippen molar-refractivity contribution in [2.24, 2.45) is 5.41 Å². The van der Waals surface area contributed by atoms with E-state index in [1.807, 2.05) is 0 Å². The van der Waals surface area contributed by atoms with Gasteiger partial charge in [0.25, 0.3) is 0 Å². The molecule has 2 rings (SSSR count). The van der Waals surface area contributed by atoms with Gasteiger partial charge in [-0.1, -0.05) is 6.92 Å². The summed E-state index contributed by atoms with van der Waals surface area (Å²) in [5.41, 5.74) is 0.614. The average Bonchev–Trinajstić information content (AvgIpc) is 2.78. The summed E-state index contributed by atoms with van der Waals surface area (Å²) in [5, 5.41) is 3.35. The first-order valence-corrected chi connectivity index (χ1v) is 5.11. The maximum atomic E-state index is 3.35. The van der Waals surface area contributed by atoms with Gasteiger partial charge in [0.2, 0.25) is 0 Å². The summed E-state index contributed by atoms with van der Waals surface area (Å²) < 4.78 is 0. The van der Waals surface area contributed by atoms with E-state index in [2.05, 4.69) is 24.2 Å². The summed E-state index contributed by atoms with van der Waals surface area (Å²) >= 11 is 0. The van der Waals surface area contributed by atoms with Gasteiger partial charge in [0, 0.05) is 19.1 Å². The average molecular weight is 168 g/mol. The molecule has 1 heterocycles.